The van der Waals surface area contributed by atoms with Gasteiger partial charge in [-0.05, 0) is 18.6 Å². The first-order chi connectivity index (χ1) is 15.9. The number of benzene rings is 2. The summed E-state index contributed by atoms with van der Waals surface area (Å²) in [4.78, 5) is 25.8. The van der Waals surface area contributed by atoms with Crippen molar-refractivity contribution < 1.29 is 42.7 Å². The Kier molecular flexibility index (Phi) is 10.2. The number of aldehydes is 1. The second-order valence-electron chi connectivity index (χ2n) is 6.48. The average molecular weight is 503 g/mol. The van der Waals surface area contributed by atoms with Gasteiger partial charge in [0.05, 0.1) is 22.7 Å². The molecule has 0 unspecified atom stereocenters. The maximum atomic E-state index is 13.9. The van der Waals surface area contributed by atoms with Crippen LogP contribution in [-0.2, 0) is 14.2 Å². The summed E-state index contributed by atoms with van der Waals surface area (Å²) in [7, 11) is 5.61. The van der Waals surface area contributed by atoms with Crippen LogP contribution in [0.15, 0.2) is 12.1 Å². The number of carbonyl (C=O) groups is 2. The highest BCUT2D eigenvalue weighted by Crippen LogP contribution is 2.46. The van der Waals surface area contributed by atoms with E-state index in [9.17, 15) is 9.59 Å². The lowest BCUT2D eigenvalue weighted by molar-refractivity contribution is 0.0446. The molecule has 0 aliphatic rings. The van der Waals surface area contributed by atoms with Crippen molar-refractivity contribution in [2.75, 3.05) is 48.8 Å². The molecule has 2 rings (SSSR count). The summed E-state index contributed by atoms with van der Waals surface area (Å²) in [5.41, 5.74) is 0.209. The molecule has 0 aliphatic carbocycles. The summed E-state index contributed by atoms with van der Waals surface area (Å²) >= 11 is 12.9. The van der Waals surface area contributed by atoms with Crippen LogP contribution in [0, 0.1) is 6.92 Å². The second-order valence-corrected chi connectivity index (χ2v) is 7.23. The number of ketones is 1. The lowest BCUT2D eigenvalue weighted by Gasteiger charge is -2.21. The first-order valence-electron chi connectivity index (χ1n) is 9.44. The molecular weight excluding hydrogens is 479 g/mol. The van der Waals surface area contributed by atoms with Gasteiger partial charge in [-0.1, -0.05) is 23.2 Å². The number of hydrogen-bond acceptors (Lipinski definition) is 9. The fraction of sp³-hybridized carbons (Fsp3) is 0.364. The second kappa shape index (κ2) is 12.6. The van der Waals surface area contributed by atoms with Crippen molar-refractivity contribution >= 4 is 35.3 Å². The van der Waals surface area contributed by atoms with Crippen LogP contribution in [-0.4, -0.2) is 60.9 Å². The van der Waals surface area contributed by atoms with Gasteiger partial charge in [0.15, 0.2) is 38.2 Å². The highest BCUT2D eigenvalue weighted by Gasteiger charge is 2.32. The van der Waals surface area contributed by atoms with E-state index >= 15 is 0 Å². The zero-order chi connectivity index (χ0) is 24.5. The summed E-state index contributed by atoms with van der Waals surface area (Å²) in [6.07, 6.45) is 0.498. The maximum Gasteiger partial charge on any atom is 0.205 e. The summed E-state index contributed by atoms with van der Waals surface area (Å²) in [6.45, 7) is 1.14. The highest BCUT2D eigenvalue weighted by molar-refractivity contribution is 6.39. The largest absolute Gasteiger partial charge is 0.496 e. The molecule has 0 aliphatic heterocycles. The van der Waals surface area contributed by atoms with E-state index in [2.05, 4.69) is 0 Å². The number of methoxy groups -OCH3 is 4. The normalized spacial score (nSPS) is 10.6. The Hall–Kier alpha value is -2.56. The lowest BCUT2D eigenvalue weighted by Crippen LogP contribution is -2.15. The molecule has 2 aromatic rings. The zero-order valence-electron chi connectivity index (χ0n) is 18.8. The van der Waals surface area contributed by atoms with E-state index in [1.54, 1.807) is 6.92 Å². The molecule has 33 heavy (non-hydrogen) atoms. The molecule has 0 saturated heterocycles. The third-order valence-electron chi connectivity index (χ3n) is 4.40. The predicted molar refractivity (Wildman–Crippen MR) is 121 cm³/mol. The van der Waals surface area contributed by atoms with Crippen LogP contribution < -0.4 is 18.9 Å². The number of ether oxygens (including phenoxy) is 7. The standard InChI is InChI=1S/C22H24Cl2O9/c1-12-18(23)21(32-10-28-3)17(22(19(12)24)33-11-29-4)20(26)16-13(8-25)6-14(31-9-27-2)7-15(16)30-5/h6-8H,9-11H2,1-5H3. The third kappa shape index (κ3) is 5.87. The Morgan fingerprint density at radius 2 is 1.36 bits per heavy atom. The maximum absolute atomic E-state index is 13.9. The summed E-state index contributed by atoms with van der Waals surface area (Å²) < 4.78 is 36.8. The number of halogens is 2. The van der Waals surface area contributed by atoms with Crippen LogP contribution >= 0.6 is 23.2 Å². The van der Waals surface area contributed by atoms with E-state index < -0.39 is 5.78 Å². The number of rotatable bonds is 13. The Bertz CT molecular complexity index is 973. The van der Waals surface area contributed by atoms with Gasteiger partial charge < -0.3 is 33.2 Å². The lowest BCUT2D eigenvalue weighted by atomic mass is 9.95. The van der Waals surface area contributed by atoms with Crippen LogP contribution in [0.25, 0.3) is 0 Å². The van der Waals surface area contributed by atoms with Crippen molar-refractivity contribution in [3.05, 3.63) is 44.4 Å². The Morgan fingerprint density at radius 3 is 1.82 bits per heavy atom. The van der Waals surface area contributed by atoms with Crippen LogP contribution in [0.2, 0.25) is 10.0 Å². The molecule has 9 nitrogen and oxygen atoms in total. The molecule has 0 spiro atoms. The molecule has 0 atom stereocenters. The van der Waals surface area contributed by atoms with Gasteiger partial charge in [-0.15, -0.1) is 0 Å². The first kappa shape index (κ1) is 26.7. The van der Waals surface area contributed by atoms with E-state index in [1.807, 2.05) is 0 Å². The molecule has 0 bridgehead atoms. The molecule has 0 amide bonds. The van der Waals surface area contributed by atoms with Gasteiger partial charge in [0, 0.05) is 33.0 Å². The van der Waals surface area contributed by atoms with Gasteiger partial charge in [-0.3, -0.25) is 9.59 Å². The Balaban J connectivity index is 2.82. The smallest absolute Gasteiger partial charge is 0.205 e. The first-order valence-corrected chi connectivity index (χ1v) is 10.2. The highest BCUT2D eigenvalue weighted by atomic mass is 35.5. The third-order valence-corrected chi connectivity index (χ3v) is 5.31. The molecule has 2 aromatic carbocycles. The fourth-order valence-electron chi connectivity index (χ4n) is 2.92. The number of hydrogen-bond donors (Lipinski definition) is 0. The van der Waals surface area contributed by atoms with Gasteiger partial charge >= 0.3 is 0 Å². The quantitative estimate of drug-likeness (QED) is 0.225. The molecule has 180 valence electrons. The van der Waals surface area contributed by atoms with Gasteiger partial charge in [-0.25, -0.2) is 0 Å². The van der Waals surface area contributed by atoms with Gasteiger partial charge in [0.25, 0.3) is 0 Å². The van der Waals surface area contributed by atoms with E-state index in [4.69, 9.17) is 56.4 Å². The fourth-order valence-corrected chi connectivity index (χ4v) is 3.45. The number of carbonyl (C=O) groups excluding carboxylic acids is 2. The Labute approximate surface area is 201 Å². The van der Waals surface area contributed by atoms with Gasteiger partial charge in [0.1, 0.15) is 17.1 Å². The van der Waals surface area contributed by atoms with Crippen LogP contribution in [0.3, 0.4) is 0 Å². The van der Waals surface area contributed by atoms with Crippen molar-refractivity contribution in [1.29, 1.82) is 0 Å². The summed E-state index contributed by atoms with van der Waals surface area (Å²) in [6, 6.07) is 2.83. The van der Waals surface area contributed by atoms with Crippen LogP contribution in [0.5, 0.6) is 23.0 Å². The van der Waals surface area contributed by atoms with E-state index in [0.29, 0.717) is 11.8 Å². The van der Waals surface area contributed by atoms with E-state index in [0.717, 1.165) is 0 Å². The topological polar surface area (TPSA) is 98.8 Å². The molecule has 0 heterocycles. The van der Waals surface area contributed by atoms with Crippen molar-refractivity contribution in [3.8, 4) is 23.0 Å². The summed E-state index contributed by atoms with van der Waals surface area (Å²) in [5, 5.41) is 0.161. The van der Waals surface area contributed by atoms with Crippen molar-refractivity contribution in [1.82, 2.24) is 0 Å². The minimum atomic E-state index is -0.687. The molecular formula is C22H24Cl2O9. The molecule has 0 saturated carbocycles. The van der Waals surface area contributed by atoms with E-state index in [-0.39, 0.29) is 70.1 Å². The van der Waals surface area contributed by atoms with Crippen LogP contribution in [0.4, 0.5) is 0 Å². The Morgan fingerprint density at radius 1 is 0.848 bits per heavy atom. The monoisotopic (exact) mass is 502 g/mol. The average Bonchev–Trinajstić information content (AvgIpc) is 2.83. The van der Waals surface area contributed by atoms with Gasteiger partial charge in [0.2, 0.25) is 5.78 Å². The minimum Gasteiger partial charge on any atom is -0.496 e. The zero-order valence-corrected chi connectivity index (χ0v) is 20.3. The van der Waals surface area contributed by atoms with Crippen molar-refractivity contribution in [3.63, 3.8) is 0 Å². The molecule has 11 heteroatoms. The minimum absolute atomic E-state index is 0.00587. The predicted octanol–water partition coefficient (Wildman–Crippen LogP) is 4.30. The summed E-state index contributed by atoms with van der Waals surface area (Å²) in [5.74, 6) is -0.420. The SMILES string of the molecule is COCOc1cc(C=O)c(C(=O)c2c(OCOC)c(Cl)c(C)c(Cl)c2OCOC)c(OC)c1. The van der Waals surface area contributed by atoms with Crippen molar-refractivity contribution in [2.45, 2.75) is 6.92 Å². The van der Waals surface area contributed by atoms with Gasteiger partial charge in [-0.2, -0.15) is 0 Å². The van der Waals surface area contributed by atoms with Crippen molar-refractivity contribution in [2.24, 2.45) is 0 Å². The van der Waals surface area contributed by atoms with E-state index in [1.165, 1.54) is 40.6 Å². The van der Waals surface area contributed by atoms with Crippen LogP contribution in [0.1, 0.15) is 31.8 Å². The molecule has 0 N–H and O–H groups in total. The molecule has 0 radical (unpaired) electrons. The molecule has 0 fully saturated rings. The molecule has 0 aromatic heterocycles.